The molecule has 3 heteroatoms. The van der Waals surface area contributed by atoms with Crippen LogP contribution in [-0.2, 0) is 10.8 Å². The Bertz CT molecular complexity index is 1010. The van der Waals surface area contributed by atoms with E-state index < -0.39 is 5.41 Å². The Hall–Kier alpha value is -2.94. The van der Waals surface area contributed by atoms with Crippen molar-refractivity contribution in [1.29, 1.82) is 0 Å². The van der Waals surface area contributed by atoms with Crippen molar-refractivity contribution < 1.29 is 15.3 Å². The van der Waals surface area contributed by atoms with E-state index in [0.717, 1.165) is 23.1 Å². The van der Waals surface area contributed by atoms with Gasteiger partial charge in [0.2, 0.25) is 0 Å². The fraction of sp³-hybridized carbons (Fsp3) is 0.333. The van der Waals surface area contributed by atoms with Gasteiger partial charge in [-0.25, -0.2) is 0 Å². The maximum Gasteiger partial charge on any atom is 0.119 e. The zero-order valence-electron chi connectivity index (χ0n) is 18.3. The maximum absolute atomic E-state index is 10.7. The van der Waals surface area contributed by atoms with Crippen LogP contribution >= 0.6 is 0 Å². The van der Waals surface area contributed by atoms with Crippen LogP contribution in [0.1, 0.15) is 63.1 Å². The summed E-state index contributed by atoms with van der Waals surface area (Å²) >= 11 is 0. The summed E-state index contributed by atoms with van der Waals surface area (Å²) in [5.74, 6) is 0.939. The monoisotopic (exact) mass is 404 g/mol. The van der Waals surface area contributed by atoms with Crippen molar-refractivity contribution in [3.8, 4) is 17.2 Å². The van der Waals surface area contributed by atoms with Crippen LogP contribution in [0.4, 0.5) is 0 Å². The Balaban J connectivity index is 2.03. The molecule has 3 aromatic rings. The van der Waals surface area contributed by atoms with E-state index in [1.165, 1.54) is 0 Å². The van der Waals surface area contributed by atoms with E-state index in [1.807, 2.05) is 54.6 Å². The zero-order valence-corrected chi connectivity index (χ0v) is 18.3. The van der Waals surface area contributed by atoms with Crippen LogP contribution in [0.3, 0.4) is 0 Å². The van der Waals surface area contributed by atoms with Crippen LogP contribution in [-0.4, -0.2) is 15.3 Å². The molecule has 0 aliphatic carbocycles. The molecule has 158 valence electrons. The summed E-state index contributed by atoms with van der Waals surface area (Å²) in [5, 5.41) is 31.6. The normalized spacial score (nSPS) is 14.8. The Morgan fingerprint density at radius 3 is 1.67 bits per heavy atom. The molecule has 3 rings (SSSR count). The third-order valence-electron chi connectivity index (χ3n) is 6.24. The topological polar surface area (TPSA) is 60.7 Å². The number of para-hydroxylation sites is 3. The van der Waals surface area contributed by atoms with Crippen molar-refractivity contribution >= 4 is 0 Å². The molecule has 0 fully saturated rings. The summed E-state index contributed by atoms with van der Waals surface area (Å²) in [7, 11) is 0. The molecule has 0 radical (unpaired) electrons. The minimum atomic E-state index is -0.390. The lowest BCUT2D eigenvalue weighted by molar-refractivity contribution is 0.279. The van der Waals surface area contributed by atoms with E-state index in [2.05, 4.69) is 27.7 Å². The van der Waals surface area contributed by atoms with Gasteiger partial charge in [0.05, 0.1) is 0 Å². The molecule has 0 aliphatic heterocycles. The van der Waals surface area contributed by atoms with Gasteiger partial charge in [0.1, 0.15) is 17.2 Å². The molecule has 0 spiro atoms. The molecule has 0 saturated heterocycles. The van der Waals surface area contributed by atoms with E-state index in [0.29, 0.717) is 12.2 Å². The number of rotatable bonds is 7. The molecule has 3 nitrogen and oxygen atoms in total. The SMILES string of the molecule is CC(CC(C)(CC(C)(C)c1ccccc1O)c1ccccc1O)c1ccccc1O. The minimum Gasteiger partial charge on any atom is -0.508 e. The summed E-state index contributed by atoms with van der Waals surface area (Å²) in [6.07, 6.45) is 1.45. The van der Waals surface area contributed by atoms with Crippen molar-refractivity contribution in [2.45, 2.75) is 57.3 Å². The summed E-state index contributed by atoms with van der Waals surface area (Å²) < 4.78 is 0. The highest BCUT2D eigenvalue weighted by Gasteiger charge is 2.39. The quantitative estimate of drug-likeness (QED) is 0.414. The van der Waals surface area contributed by atoms with Crippen molar-refractivity contribution in [3.05, 3.63) is 89.5 Å². The van der Waals surface area contributed by atoms with Crippen LogP contribution < -0.4 is 0 Å². The molecule has 30 heavy (non-hydrogen) atoms. The van der Waals surface area contributed by atoms with Crippen LogP contribution in [0, 0.1) is 0 Å². The summed E-state index contributed by atoms with van der Waals surface area (Å²) in [6, 6.07) is 22.4. The molecular weight excluding hydrogens is 372 g/mol. The van der Waals surface area contributed by atoms with Crippen molar-refractivity contribution in [2.75, 3.05) is 0 Å². The molecule has 3 aromatic carbocycles. The fourth-order valence-electron chi connectivity index (χ4n) is 5.07. The second kappa shape index (κ2) is 8.43. The van der Waals surface area contributed by atoms with Crippen molar-refractivity contribution in [1.82, 2.24) is 0 Å². The first-order valence-electron chi connectivity index (χ1n) is 10.5. The number of aromatic hydroxyl groups is 3. The standard InChI is InChI=1S/C27H32O3/c1-19(20-11-5-8-14-23(20)28)17-27(4,22-13-7-10-16-25(22)30)18-26(2,3)21-12-6-9-15-24(21)29/h5-16,19,28-30H,17-18H2,1-4H3. The average Bonchev–Trinajstić information content (AvgIpc) is 2.68. The highest BCUT2D eigenvalue weighted by molar-refractivity contribution is 5.43. The van der Waals surface area contributed by atoms with Crippen molar-refractivity contribution in [2.24, 2.45) is 0 Å². The van der Waals surface area contributed by atoms with E-state index in [-0.39, 0.29) is 22.8 Å². The molecule has 3 N–H and O–H groups in total. The van der Waals surface area contributed by atoms with Gasteiger partial charge in [0, 0.05) is 0 Å². The maximum atomic E-state index is 10.7. The molecular formula is C27H32O3. The predicted octanol–water partition coefficient (Wildman–Crippen LogP) is 6.62. The number of phenols is 3. The Kier molecular flexibility index (Phi) is 6.12. The second-order valence-corrected chi connectivity index (χ2v) is 9.32. The van der Waals surface area contributed by atoms with Crippen molar-refractivity contribution in [3.63, 3.8) is 0 Å². The first-order chi connectivity index (χ1) is 14.1. The van der Waals surface area contributed by atoms with E-state index in [1.54, 1.807) is 18.2 Å². The smallest absolute Gasteiger partial charge is 0.119 e. The number of hydrogen-bond donors (Lipinski definition) is 3. The largest absolute Gasteiger partial charge is 0.508 e. The van der Waals surface area contributed by atoms with Crippen LogP contribution in [0.5, 0.6) is 17.2 Å². The first kappa shape index (κ1) is 21.8. The lowest BCUT2D eigenvalue weighted by Crippen LogP contribution is -2.33. The fourth-order valence-corrected chi connectivity index (χ4v) is 5.07. The van der Waals surface area contributed by atoms with Gasteiger partial charge < -0.3 is 15.3 Å². The molecule has 0 aliphatic rings. The van der Waals surface area contributed by atoms with Gasteiger partial charge in [-0.2, -0.15) is 0 Å². The third kappa shape index (κ3) is 4.46. The molecule has 2 atom stereocenters. The lowest BCUT2D eigenvalue weighted by Gasteiger charge is -2.40. The summed E-state index contributed by atoms with van der Waals surface area (Å²) in [4.78, 5) is 0. The molecule has 0 saturated carbocycles. The Morgan fingerprint density at radius 2 is 1.13 bits per heavy atom. The summed E-state index contributed by atoms with van der Waals surface area (Å²) in [5.41, 5.74) is 1.96. The van der Waals surface area contributed by atoms with Crippen LogP contribution in [0.2, 0.25) is 0 Å². The first-order valence-corrected chi connectivity index (χ1v) is 10.5. The van der Waals surface area contributed by atoms with Gasteiger partial charge in [0.15, 0.2) is 0 Å². The number of phenolic OH excluding ortho intramolecular Hbond substituents is 3. The molecule has 0 aromatic heterocycles. The predicted molar refractivity (Wildman–Crippen MR) is 122 cm³/mol. The Morgan fingerprint density at radius 1 is 0.667 bits per heavy atom. The highest BCUT2D eigenvalue weighted by atomic mass is 16.3. The van der Waals surface area contributed by atoms with E-state index >= 15 is 0 Å². The van der Waals surface area contributed by atoms with Gasteiger partial charge in [0.25, 0.3) is 0 Å². The number of benzene rings is 3. The average molecular weight is 405 g/mol. The van der Waals surface area contributed by atoms with E-state index in [9.17, 15) is 15.3 Å². The van der Waals surface area contributed by atoms with Gasteiger partial charge in [-0.3, -0.25) is 0 Å². The van der Waals surface area contributed by atoms with E-state index in [4.69, 9.17) is 0 Å². The van der Waals surface area contributed by atoms with Crippen LogP contribution in [0.25, 0.3) is 0 Å². The zero-order chi connectivity index (χ0) is 21.9. The highest BCUT2D eigenvalue weighted by Crippen LogP contribution is 2.48. The molecule has 2 unspecified atom stereocenters. The lowest BCUT2D eigenvalue weighted by atomic mass is 9.63. The third-order valence-corrected chi connectivity index (χ3v) is 6.24. The second-order valence-electron chi connectivity index (χ2n) is 9.32. The van der Waals surface area contributed by atoms with Crippen LogP contribution in [0.15, 0.2) is 72.8 Å². The van der Waals surface area contributed by atoms with Gasteiger partial charge in [-0.1, -0.05) is 82.3 Å². The molecule has 0 amide bonds. The van der Waals surface area contributed by atoms with Gasteiger partial charge in [-0.05, 0) is 64.5 Å². The molecule has 0 heterocycles. The number of hydrogen-bond acceptors (Lipinski definition) is 3. The summed E-state index contributed by atoms with van der Waals surface area (Å²) in [6.45, 7) is 8.54. The molecule has 0 bridgehead atoms. The van der Waals surface area contributed by atoms with Gasteiger partial charge >= 0.3 is 0 Å². The minimum absolute atomic E-state index is 0.0796. The Labute approximate surface area is 179 Å². The van der Waals surface area contributed by atoms with Gasteiger partial charge in [-0.15, -0.1) is 0 Å².